The zero-order valence-electron chi connectivity index (χ0n) is 8.36. The largest absolute Gasteiger partial charge is 0.418 e. The number of aromatic nitrogens is 1. The number of hydrogen-bond acceptors (Lipinski definition) is 3. The van der Waals surface area contributed by atoms with Gasteiger partial charge in [-0.15, -0.1) is 0 Å². The summed E-state index contributed by atoms with van der Waals surface area (Å²) in [6, 6.07) is 2.85. The summed E-state index contributed by atoms with van der Waals surface area (Å²) in [6.45, 7) is 1.08. The Morgan fingerprint density at radius 3 is 2.38 bits per heavy atom. The van der Waals surface area contributed by atoms with Gasteiger partial charge in [0.1, 0.15) is 0 Å². The Kier molecular flexibility index (Phi) is 3.65. The fourth-order valence-corrected chi connectivity index (χ4v) is 1.07. The second kappa shape index (κ2) is 4.78. The minimum absolute atomic E-state index is 0.338. The summed E-state index contributed by atoms with van der Waals surface area (Å²) in [6.07, 6.45) is -0.896. The molecule has 0 aromatic carbocycles. The molecule has 0 spiro atoms. The molecule has 3 nitrogen and oxygen atoms in total. The first-order chi connectivity index (χ1) is 7.45. The number of pyridine rings is 1. The van der Waals surface area contributed by atoms with Crippen LogP contribution in [0.4, 0.5) is 13.2 Å². The van der Waals surface area contributed by atoms with E-state index in [1.807, 2.05) is 0 Å². The van der Waals surface area contributed by atoms with Crippen LogP contribution in [0.2, 0.25) is 0 Å². The van der Waals surface area contributed by atoms with Crippen molar-refractivity contribution in [3.05, 3.63) is 35.7 Å². The van der Waals surface area contributed by atoms with Crippen LogP contribution in [0.1, 0.15) is 12.5 Å². The number of alkyl halides is 3. The first kappa shape index (κ1) is 12.2. The number of hydrogen-bond donors (Lipinski definition) is 1. The molecule has 0 aliphatic carbocycles. The summed E-state index contributed by atoms with van der Waals surface area (Å²) in [4.78, 5) is 3.69. The van der Waals surface area contributed by atoms with Crippen molar-refractivity contribution in [1.82, 2.24) is 4.98 Å². The van der Waals surface area contributed by atoms with Gasteiger partial charge in [-0.1, -0.05) is 5.16 Å². The van der Waals surface area contributed by atoms with E-state index in [1.54, 1.807) is 0 Å². The van der Waals surface area contributed by atoms with Gasteiger partial charge in [-0.05, 0) is 30.7 Å². The molecule has 0 unspecified atom stereocenters. The van der Waals surface area contributed by atoms with Crippen LogP contribution in [-0.2, 0) is 0 Å². The van der Waals surface area contributed by atoms with E-state index in [-0.39, 0.29) is 0 Å². The summed E-state index contributed by atoms with van der Waals surface area (Å²) in [5.41, 5.74) is -1.13. The number of halogens is 3. The summed E-state index contributed by atoms with van der Waals surface area (Å²) < 4.78 is 37.7. The first-order valence-corrected chi connectivity index (χ1v) is 4.33. The average Bonchev–Trinajstić information content (AvgIpc) is 2.25. The molecule has 0 aliphatic heterocycles. The second-order valence-corrected chi connectivity index (χ2v) is 3.02. The van der Waals surface area contributed by atoms with Gasteiger partial charge in [0.15, 0.2) is 0 Å². The van der Waals surface area contributed by atoms with Crippen LogP contribution < -0.4 is 0 Å². The van der Waals surface area contributed by atoms with Crippen LogP contribution in [0.5, 0.6) is 0 Å². The van der Waals surface area contributed by atoms with Crippen molar-refractivity contribution < 1.29 is 18.4 Å². The number of allylic oxidation sites excluding steroid dienone is 1. The Morgan fingerprint density at radius 2 is 1.94 bits per heavy atom. The summed E-state index contributed by atoms with van der Waals surface area (Å²) in [7, 11) is 0. The van der Waals surface area contributed by atoms with Crippen LogP contribution >= 0.6 is 0 Å². The third kappa shape index (κ3) is 3.08. The van der Waals surface area contributed by atoms with Gasteiger partial charge in [-0.2, -0.15) is 13.2 Å². The highest BCUT2D eigenvalue weighted by Gasteiger charge is 2.35. The van der Waals surface area contributed by atoms with E-state index in [9.17, 15) is 13.2 Å². The zero-order chi connectivity index (χ0) is 12.2. The van der Waals surface area contributed by atoms with Gasteiger partial charge in [0, 0.05) is 12.4 Å². The lowest BCUT2D eigenvalue weighted by molar-refractivity contribution is -0.0854. The lowest BCUT2D eigenvalue weighted by Crippen LogP contribution is -2.18. The van der Waals surface area contributed by atoms with E-state index < -0.39 is 17.5 Å². The van der Waals surface area contributed by atoms with Gasteiger partial charge in [-0.25, -0.2) is 0 Å². The molecule has 0 bridgehead atoms. The molecule has 1 N–H and O–H groups in total. The molecule has 16 heavy (non-hydrogen) atoms. The quantitative estimate of drug-likeness (QED) is 0.482. The Morgan fingerprint density at radius 1 is 1.38 bits per heavy atom. The fourth-order valence-electron chi connectivity index (χ4n) is 1.07. The molecule has 0 saturated carbocycles. The third-order valence-electron chi connectivity index (χ3n) is 1.86. The van der Waals surface area contributed by atoms with Gasteiger partial charge in [0.25, 0.3) is 0 Å². The fraction of sp³-hybridized carbons (Fsp3) is 0.200. The van der Waals surface area contributed by atoms with Crippen LogP contribution in [0, 0.1) is 0 Å². The molecule has 86 valence electrons. The Hall–Kier alpha value is -1.85. The maximum absolute atomic E-state index is 12.6. The van der Waals surface area contributed by atoms with Gasteiger partial charge in [0.2, 0.25) is 0 Å². The first-order valence-electron chi connectivity index (χ1n) is 4.33. The normalized spacial score (nSPS) is 14.0. The van der Waals surface area contributed by atoms with Crippen LogP contribution in [0.25, 0.3) is 6.08 Å². The molecule has 1 aromatic heterocycles. The summed E-state index contributed by atoms with van der Waals surface area (Å²) in [5.74, 6) is 0. The van der Waals surface area contributed by atoms with Crippen molar-refractivity contribution in [2.75, 3.05) is 0 Å². The van der Waals surface area contributed by atoms with E-state index >= 15 is 0 Å². The standard InChI is InChI=1S/C10H9F3N2O/c1-7(15-16)9(10(11,12)13)6-8-2-4-14-5-3-8/h2-6,16H,1H3. The van der Waals surface area contributed by atoms with Gasteiger partial charge >= 0.3 is 6.18 Å². The molecule has 0 fully saturated rings. The maximum Gasteiger partial charge on any atom is 0.418 e. The van der Waals surface area contributed by atoms with Gasteiger partial charge < -0.3 is 5.21 Å². The summed E-state index contributed by atoms with van der Waals surface area (Å²) >= 11 is 0. The van der Waals surface area contributed by atoms with Crippen LogP contribution in [0.15, 0.2) is 35.3 Å². The van der Waals surface area contributed by atoms with Crippen molar-refractivity contribution in [2.24, 2.45) is 5.16 Å². The highest BCUT2D eigenvalue weighted by Crippen LogP contribution is 2.28. The predicted octanol–water partition coefficient (Wildman–Crippen LogP) is 2.88. The minimum atomic E-state index is -4.56. The minimum Gasteiger partial charge on any atom is -0.411 e. The van der Waals surface area contributed by atoms with Crippen LogP contribution in [-0.4, -0.2) is 22.1 Å². The number of oxime groups is 1. The second-order valence-electron chi connectivity index (χ2n) is 3.02. The molecule has 1 heterocycles. The Bertz CT molecular complexity index is 410. The van der Waals surface area contributed by atoms with Crippen molar-refractivity contribution in [2.45, 2.75) is 13.1 Å². The van der Waals surface area contributed by atoms with Crippen molar-refractivity contribution >= 4 is 11.8 Å². The Balaban J connectivity index is 3.18. The van der Waals surface area contributed by atoms with E-state index in [0.29, 0.717) is 5.56 Å². The lowest BCUT2D eigenvalue weighted by Gasteiger charge is -2.10. The van der Waals surface area contributed by atoms with Crippen molar-refractivity contribution in [3.8, 4) is 0 Å². The van der Waals surface area contributed by atoms with E-state index in [2.05, 4.69) is 10.1 Å². The van der Waals surface area contributed by atoms with Gasteiger partial charge in [-0.3, -0.25) is 4.98 Å². The monoisotopic (exact) mass is 230 g/mol. The summed E-state index contributed by atoms with van der Waals surface area (Å²) in [5, 5.41) is 10.9. The number of nitrogens with zero attached hydrogens (tertiary/aromatic N) is 2. The highest BCUT2D eigenvalue weighted by atomic mass is 19.4. The highest BCUT2D eigenvalue weighted by molar-refractivity contribution is 6.02. The average molecular weight is 230 g/mol. The van der Waals surface area contributed by atoms with E-state index in [0.717, 1.165) is 13.0 Å². The molecule has 1 rings (SSSR count). The number of rotatable bonds is 2. The van der Waals surface area contributed by atoms with Crippen molar-refractivity contribution in [1.29, 1.82) is 0 Å². The van der Waals surface area contributed by atoms with Crippen LogP contribution in [0.3, 0.4) is 0 Å². The molecule has 6 heteroatoms. The maximum atomic E-state index is 12.6. The Labute approximate surface area is 89.9 Å². The third-order valence-corrected chi connectivity index (χ3v) is 1.86. The zero-order valence-corrected chi connectivity index (χ0v) is 8.36. The smallest absolute Gasteiger partial charge is 0.411 e. The molecule has 0 saturated heterocycles. The topological polar surface area (TPSA) is 45.5 Å². The molecule has 0 atom stereocenters. The molecule has 1 aromatic rings. The van der Waals surface area contributed by atoms with E-state index in [1.165, 1.54) is 24.5 Å². The SMILES string of the molecule is CC(=NO)C(=Cc1ccncc1)C(F)(F)F. The van der Waals surface area contributed by atoms with E-state index in [4.69, 9.17) is 5.21 Å². The van der Waals surface area contributed by atoms with Gasteiger partial charge in [0.05, 0.1) is 11.3 Å². The molecule has 0 amide bonds. The predicted molar refractivity (Wildman–Crippen MR) is 53.2 cm³/mol. The van der Waals surface area contributed by atoms with Crippen molar-refractivity contribution in [3.63, 3.8) is 0 Å². The molecular formula is C10H9F3N2O. The molecule has 0 radical (unpaired) electrons. The molecular weight excluding hydrogens is 221 g/mol. The lowest BCUT2D eigenvalue weighted by atomic mass is 10.1. The molecule has 0 aliphatic rings.